The van der Waals surface area contributed by atoms with Crippen molar-refractivity contribution in [3.8, 4) is 11.4 Å². The number of nitrogens with zero attached hydrogens (tertiary/aromatic N) is 5. The van der Waals surface area contributed by atoms with Crippen LogP contribution in [0.3, 0.4) is 0 Å². The number of rotatable bonds is 7. The number of carbonyl (C=O) groups is 1. The molecule has 0 saturated heterocycles. The molecule has 0 saturated carbocycles. The zero-order valence-electron chi connectivity index (χ0n) is 18.2. The topological polar surface area (TPSA) is 83.9 Å². The van der Waals surface area contributed by atoms with Crippen LogP contribution >= 0.6 is 11.3 Å². The third-order valence-corrected chi connectivity index (χ3v) is 5.93. The van der Waals surface area contributed by atoms with E-state index in [1.807, 2.05) is 74.4 Å². The molecule has 0 aliphatic carbocycles. The van der Waals surface area contributed by atoms with Crippen molar-refractivity contribution in [2.75, 3.05) is 19.0 Å². The highest BCUT2D eigenvalue weighted by Crippen LogP contribution is 2.25. The summed E-state index contributed by atoms with van der Waals surface area (Å²) >= 11 is 1.34. The van der Waals surface area contributed by atoms with E-state index in [4.69, 9.17) is 4.98 Å². The van der Waals surface area contributed by atoms with Gasteiger partial charge in [-0.25, -0.2) is 15.0 Å². The van der Waals surface area contributed by atoms with Gasteiger partial charge in [-0.05, 0) is 31.0 Å². The summed E-state index contributed by atoms with van der Waals surface area (Å²) in [5.41, 5.74) is 5.07. The maximum Gasteiger partial charge on any atom is 0.263 e. The maximum atomic E-state index is 13.1. The largest absolute Gasteiger partial charge is 0.363 e. The van der Waals surface area contributed by atoms with Crippen LogP contribution in [-0.2, 0) is 6.42 Å². The number of carbonyl (C=O) groups excluding carboxylic acids is 1. The minimum Gasteiger partial charge on any atom is -0.363 e. The Morgan fingerprint density at radius 3 is 2.59 bits per heavy atom. The van der Waals surface area contributed by atoms with Crippen molar-refractivity contribution in [1.82, 2.24) is 25.3 Å². The lowest BCUT2D eigenvalue weighted by Crippen LogP contribution is -2.31. The van der Waals surface area contributed by atoms with Crippen LogP contribution in [-0.4, -0.2) is 39.9 Å². The fourth-order valence-corrected chi connectivity index (χ4v) is 4.01. The van der Waals surface area contributed by atoms with Crippen LogP contribution in [0, 0.1) is 6.92 Å². The SMILES string of the molecule is Cc1ncsc1C(=O)N[C@@H](Cc1ccccc1)c1cc(N(C)C)nc(-c2cccnc2)n1. The molecule has 4 aromatic rings. The lowest BCUT2D eigenvalue weighted by Gasteiger charge is -2.21. The van der Waals surface area contributed by atoms with Gasteiger partial charge in [-0.2, -0.15) is 0 Å². The second kappa shape index (κ2) is 9.65. The molecule has 1 aromatic carbocycles. The van der Waals surface area contributed by atoms with E-state index in [-0.39, 0.29) is 11.9 Å². The molecule has 0 aliphatic heterocycles. The van der Waals surface area contributed by atoms with Gasteiger partial charge in [0.05, 0.1) is 22.9 Å². The number of benzene rings is 1. The summed E-state index contributed by atoms with van der Waals surface area (Å²) in [6.07, 6.45) is 4.06. The molecule has 8 heteroatoms. The van der Waals surface area contributed by atoms with Crippen molar-refractivity contribution in [3.05, 3.63) is 88.3 Å². The lowest BCUT2D eigenvalue weighted by molar-refractivity contribution is 0.0939. The molecule has 1 amide bonds. The monoisotopic (exact) mass is 444 g/mol. The van der Waals surface area contributed by atoms with Crippen molar-refractivity contribution < 1.29 is 4.79 Å². The Morgan fingerprint density at radius 2 is 1.94 bits per heavy atom. The standard InChI is InChI=1S/C24H24N6OS/c1-16-22(32-15-26-16)24(31)28-19(12-17-8-5-4-6-9-17)20-13-21(30(2)3)29-23(27-20)18-10-7-11-25-14-18/h4-11,13-15,19H,12H2,1-3H3,(H,28,31)/t19-/m0/s1. The Balaban J connectivity index is 1.76. The lowest BCUT2D eigenvalue weighted by atomic mass is 10.0. The third kappa shape index (κ3) is 4.97. The van der Waals surface area contributed by atoms with Crippen molar-refractivity contribution in [1.29, 1.82) is 0 Å². The highest BCUT2D eigenvalue weighted by atomic mass is 32.1. The zero-order valence-corrected chi connectivity index (χ0v) is 19.0. The Bertz CT molecular complexity index is 1190. The second-order valence-corrected chi connectivity index (χ2v) is 8.45. The number of anilines is 1. The summed E-state index contributed by atoms with van der Waals surface area (Å²) in [7, 11) is 3.87. The molecule has 1 N–H and O–H groups in total. The van der Waals surface area contributed by atoms with Crippen molar-refractivity contribution >= 4 is 23.1 Å². The average molecular weight is 445 g/mol. The molecule has 3 heterocycles. The quantitative estimate of drug-likeness (QED) is 0.462. The van der Waals surface area contributed by atoms with E-state index in [1.54, 1.807) is 17.9 Å². The van der Waals surface area contributed by atoms with E-state index in [1.165, 1.54) is 11.3 Å². The predicted molar refractivity (Wildman–Crippen MR) is 127 cm³/mol. The van der Waals surface area contributed by atoms with Crippen LogP contribution in [0.4, 0.5) is 5.82 Å². The van der Waals surface area contributed by atoms with Gasteiger partial charge in [-0.3, -0.25) is 9.78 Å². The fourth-order valence-electron chi connectivity index (χ4n) is 3.31. The first-order chi connectivity index (χ1) is 15.5. The van der Waals surface area contributed by atoms with Crippen LogP contribution < -0.4 is 10.2 Å². The summed E-state index contributed by atoms with van der Waals surface area (Å²) < 4.78 is 0. The molecule has 0 spiro atoms. The Kier molecular flexibility index (Phi) is 6.51. The van der Waals surface area contributed by atoms with Gasteiger partial charge in [0.15, 0.2) is 5.82 Å². The molecule has 7 nitrogen and oxygen atoms in total. The minimum absolute atomic E-state index is 0.154. The summed E-state index contributed by atoms with van der Waals surface area (Å²) in [5.74, 6) is 1.18. The van der Waals surface area contributed by atoms with Gasteiger partial charge in [-0.1, -0.05) is 30.3 Å². The highest BCUT2D eigenvalue weighted by Gasteiger charge is 2.22. The van der Waals surface area contributed by atoms with E-state index in [0.717, 1.165) is 28.3 Å². The fraction of sp³-hybridized carbons (Fsp3) is 0.208. The van der Waals surface area contributed by atoms with E-state index in [2.05, 4.69) is 20.3 Å². The van der Waals surface area contributed by atoms with Gasteiger partial charge in [0.2, 0.25) is 0 Å². The Labute approximate surface area is 191 Å². The van der Waals surface area contributed by atoms with Crippen LogP contribution in [0.1, 0.15) is 32.7 Å². The van der Waals surface area contributed by atoms with Crippen molar-refractivity contribution in [2.24, 2.45) is 0 Å². The smallest absolute Gasteiger partial charge is 0.263 e. The van der Waals surface area contributed by atoms with Crippen LogP contribution in [0.2, 0.25) is 0 Å². The second-order valence-electron chi connectivity index (χ2n) is 7.59. The molecule has 0 fully saturated rings. The zero-order chi connectivity index (χ0) is 22.5. The first-order valence-electron chi connectivity index (χ1n) is 10.2. The molecule has 0 bridgehead atoms. The van der Waals surface area contributed by atoms with Gasteiger partial charge in [0, 0.05) is 38.1 Å². The predicted octanol–water partition coefficient (Wildman–Crippen LogP) is 4.08. The van der Waals surface area contributed by atoms with E-state index in [9.17, 15) is 4.79 Å². The number of hydrogen-bond donors (Lipinski definition) is 1. The van der Waals surface area contributed by atoms with Crippen LogP contribution in [0.5, 0.6) is 0 Å². The number of hydrogen-bond acceptors (Lipinski definition) is 7. The molecule has 0 unspecified atom stereocenters. The minimum atomic E-state index is -0.344. The van der Waals surface area contributed by atoms with Crippen molar-refractivity contribution in [2.45, 2.75) is 19.4 Å². The average Bonchev–Trinajstić information content (AvgIpc) is 3.25. The van der Waals surface area contributed by atoms with Gasteiger partial charge >= 0.3 is 0 Å². The summed E-state index contributed by atoms with van der Waals surface area (Å²) in [4.78, 5) is 33.5. The maximum absolute atomic E-state index is 13.1. The van der Waals surface area contributed by atoms with Gasteiger partial charge < -0.3 is 10.2 Å². The van der Waals surface area contributed by atoms with Gasteiger partial charge in [0.25, 0.3) is 5.91 Å². The number of nitrogens with one attached hydrogen (secondary N) is 1. The Hall–Kier alpha value is -3.65. The summed E-state index contributed by atoms with van der Waals surface area (Å²) in [6, 6.07) is 15.4. The number of aromatic nitrogens is 4. The molecule has 4 rings (SSSR count). The first-order valence-corrected chi connectivity index (χ1v) is 11.1. The number of pyridine rings is 1. The van der Waals surface area contributed by atoms with E-state index in [0.29, 0.717) is 17.1 Å². The van der Waals surface area contributed by atoms with E-state index < -0.39 is 0 Å². The number of amides is 1. The number of aryl methyl sites for hydroxylation is 1. The molecule has 162 valence electrons. The highest BCUT2D eigenvalue weighted by molar-refractivity contribution is 7.11. The van der Waals surface area contributed by atoms with Crippen LogP contribution in [0.25, 0.3) is 11.4 Å². The molecule has 3 aromatic heterocycles. The molecule has 0 radical (unpaired) electrons. The normalized spacial score (nSPS) is 11.7. The third-order valence-electron chi connectivity index (χ3n) is 5.01. The Morgan fingerprint density at radius 1 is 1.12 bits per heavy atom. The van der Waals surface area contributed by atoms with Crippen LogP contribution in [0.15, 0.2) is 66.4 Å². The van der Waals surface area contributed by atoms with Gasteiger partial charge in [0.1, 0.15) is 10.7 Å². The summed E-state index contributed by atoms with van der Waals surface area (Å²) in [6.45, 7) is 1.84. The molecule has 1 atom stereocenters. The molecular formula is C24H24N6OS. The number of thiazole rings is 1. The first kappa shape index (κ1) is 21.6. The summed E-state index contributed by atoms with van der Waals surface area (Å²) in [5, 5.41) is 3.18. The molecule has 32 heavy (non-hydrogen) atoms. The molecule has 0 aliphatic rings. The van der Waals surface area contributed by atoms with E-state index >= 15 is 0 Å². The molecular weight excluding hydrogens is 420 g/mol. The van der Waals surface area contributed by atoms with Gasteiger partial charge in [-0.15, -0.1) is 11.3 Å². The van der Waals surface area contributed by atoms with Crippen molar-refractivity contribution in [3.63, 3.8) is 0 Å².